The van der Waals surface area contributed by atoms with Gasteiger partial charge in [0.25, 0.3) is 5.23 Å². The van der Waals surface area contributed by atoms with E-state index in [0.717, 1.165) is 11.8 Å². The number of carbonyl (C=O) groups is 1. The third-order valence-electron chi connectivity index (χ3n) is 1.68. The van der Waals surface area contributed by atoms with Gasteiger partial charge in [0.2, 0.25) is 6.19 Å². The molecule has 0 bridgehead atoms. The summed E-state index contributed by atoms with van der Waals surface area (Å²) in [4.78, 5) is 14.9. The molecule has 0 amide bonds. The molecule has 16 heavy (non-hydrogen) atoms. The van der Waals surface area contributed by atoms with Crippen LogP contribution in [0.5, 0.6) is 0 Å². The molecule has 1 aromatic carbocycles. The fourth-order valence-electron chi connectivity index (χ4n) is 0.968. The standard InChI is InChI=1S/C10H9N3O2S/c1-16-10(13-6-11)15-9(14)7-4-2-3-5-8(7)12/h2-5H,12H2,1H3. The molecular formula is C10H9N3O2S. The van der Waals surface area contributed by atoms with Crippen LogP contribution in [0.3, 0.4) is 0 Å². The van der Waals surface area contributed by atoms with Crippen LogP contribution in [0.1, 0.15) is 10.4 Å². The number of anilines is 1. The molecule has 0 aliphatic carbocycles. The number of nitrogen functional groups attached to an aromatic ring is 1. The van der Waals surface area contributed by atoms with E-state index < -0.39 is 5.97 Å². The van der Waals surface area contributed by atoms with Gasteiger partial charge < -0.3 is 10.5 Å². The first-order chi connectivity index (χ1) is 7.69. The maximum Gasteiger partial charge on any atom is 0.347 e. The molecule has 0 aliphatic heterocycles. The number of para-hydroxylation sites is 1. The summed E-state index contributed by atoms with van der Waals surface area (Å²) in [5.74, 6) is -0.624. The maximum atomic E-state index is 11.6. The molecule has 0 fully saturated rings. The zero-order valence-corrected chi connectivity index (χ0v) is 9.32. The zero-order valence-electron chi connectivity index (χ0n) is 8.51. The number of nitrogens with two attached hydrogens (primary N) is 1. The van der Waals surface area contributed by atoms with Gasteiger partial charge in [-0.15, -0.1) is 4.99 Å². The first kappa shape index (κ1) is 12.1. The minimum atomic E-state index is -0.624. The van der Waals surface area contributed by atoms with E-state index >= 15 is 0 Å². The third kappa shape index (κ3) is 3.00. The highest BCUT2D eigenvalue weighted by Crippen LogP contribution is 2.13. The minimum absolute atomic E-state index is 0.00393. The second kappa shape index (κ2) is 5.78. The van der Waals surface area contributed by atoms with E-state index in [-0.39, 0.29) is 10.8 Å². The number of thioether (sulfide) groups is 1. The Morgan fingerprint density at radius 2 is 2.25 bits per heavy atom. The Hall–Kier alpha value is -2.00. The predicted octanol–water partition coefficient (Wildman–Crippen LogP) is 1.63. The van der Waals surface area contributed by atoms with Crippen LogP contribution < -0.4 is 5.73 Å². The molecule has 1 rings (SSSR count). The molecule has 2 N–H and O–H groups in total. The van der Waals surface area contributed by atoms with Gasteiger partial charge in [0.15, 0.2) is 0 Å². The number of nitriles is 1. The van der Waals surface area contributed by atoms with Gasteiger partial charge in [-0.05, 0) is 18.4 Å². The molecule has 0 atom stereocenters. The molecule has 0 heterocycles. The van der Waals surface area contributed by atoms with Crippen molar-refractivity contribution in [3.05, 3.63) is 29.8 Å². The molecule has 0 unspecified atom stereocenters. The monoisotopic (exact) mass is 235 g/mol. The lowest BCUT2D eigenvalue weighted by molar-refractivity contribution is 0.0725. The first-order valence-electron chi connectivity index (χ1n) is 4.26. The van der Waals surface area contributed by atoms with E-state index in [1.807, 2.05) is 0 Å². The van der Waals surface area contributed by atoms with Crippen molar-refractivity contribution in [3.63, 3.8) is 0 Å². The molecule has 0 saturated carbocycles. The van der Waals surface area contributed by atoms with Crippen LogP contribution in [0.4, 0.5) is 5.69 Å². The summed E-state index contributed by atoms with van der Waals surface area (Å²) in [6.07, 6.45) is 3.20. The number of rotatable bonds is 1. The second-order valence-corrected chi connectivity index (χ2v) is 3.42. The van der Waals surface area contributed by atoms with Crippen molar-refractivity contribution in [3.8, 4) is 6.19 Å². The van der Waals surface area contributed by atoms with Gasteiger partial charge in [-0.3, -0.25) is 0 Å². The van der Waals surface area contributed by atoms with Crippen molar-refractivity contribution in [1.29, 1.82) is 5.26 Å². The molecule has 0 spiro atoms. The van der Waals surface area contributed by atoms with Gasteiger partial charge in [0.05, 0.1) is 5.56 Å². The largest absolute Gasteiger partial charge is 0.398 e. The summed E-state index contributed by atoms with van der Waals surface area (Å²) >= 11 is 1.07. The Kier molecular flexibility index (Phi) is 4.36. The van der Waals surface area contributed by atoms with E-state index in [1.54, 1.807) is 36.7 Å². The second-order valence-electron chi connectivity index (χ2n) is 2.66. The quantitative estimate of drug-likeness (QED) is 0.263. The van der Waals surface area contributed by atoms with Gasteiger partial charge in [-0.2, -0.15) is 5.26 Å². The highest BCUT2D eigenvalue weighted by atomic mass is 32.2. The number of benzene rings is 1. The minimum Gasteiger partial charge on any atom is -0.398 e. The van der Waals surface area contributed by atoms with Gasteiger partial charge in [-0.25, -0.2) is 4.79 Å². The third-order valence-corrected chi connectivity index (χ3v) is 2.20. The van der Waals surface area contributed by atoms with Gasteiger partial charge in [-0.1, -0.05) is 23.9 Å². The van der Waals surface area contributed by atoms with E-state index in [9.17, 15) is 4.79 Å². The number of hydrogen-bond donors (Lipinski definition) is 1. The number of hydrogen-bond acceptors (Lipinski definition) is 6. The Morgan fingerprint density at radius 3 is 2.81 bits per heavy atom. The summed E-state index contributed by atoms with van der Waals surface area (Å²) in [6.45, 7) is 0. The molecular weight excluding hydrogens is 226 g/mol. The summed E-state index contributed by atoms with van der Waals surface area (Å²) in [6, 6.07) is 6.52. The summed E-state index contributed by atoms with van der Waals surface area (Å²) in [5, 5.41) is 8.34. The molecule has 0 saturated heterocycles. The normalized spacial score (nSPS) is 10.6. The highest BCUT2D eigenvalue weighted by Gasteiger charge is 2.13. The Labute approximate surface area is 96.9 Å². The van der Waals surface area contributed by atoms with Crippen LogP contribution in [-0.4, -0.2) is 17.5 Å². The molecule has 82 valence electrons. The van der Waals surface area contributed by atoms with E-state index in [2.05, 4.69) is 4.99 Å². The van der Waals surface area contributed by atoms with Crippen molar-refractivity contribution >= 4 is 28.6 Å². The lowest BCUT2D eigenvalue weighted by atomic mass is 10.2. The highest BCUT2D eigenvalue weighted by molar-refractivity contribution is 8.13. The van der Waals surface area contributed by atoms with E-state index in [4.69, 9.17) is 15.7 Å². The molecule has 6 heteroatoms. The number of nitrogens with zero attached hydrogens (tertiary/aromatic N) is 2. The van der Waals surface area contributed by atoms with Gasteiger partial charge >= 0.3 is 5.97 Å². The fraction of sp³-hybridized carbons (Fsp3) is 0.100. The van der Waals surface area contributed by atoms with Crippen molar-refractivity contribution in [2.75, 3.05) is 12.0 Å². The smallest absolute Gasteiger partial charge is 0.347 e. The Bertz CT molecular complexity index is 465. The van der Waals surface area contributed by atoms with Crippen LogP contribution in [0, 0.1) is 11.5 Å². The lowest BCUT2D eigenvalue weighted by Gasteiger charge is -2.05. The topological polar surface area (TPSA) is 88.5 Å². The number of carbonyl (C=O) groups excluding carboxylic acids is 1. The van der Waals surface area contributed by atoms with Crippen LogP contribution in [0.25, 0.3) is 0 Å². The fourth-order valence-corrected chi connectivity index (χ4v) is 1.26. The number of ether oxygens (including phenoxy) is 1. The Morgan fingerprint density at radius 1 is 1.56 bits per heavy atom. The van der Waals surface area contributed by atoms with Crippen molar-refractivity contribution in [2.45, 2.75) is 0 Å². The van der Waals surface area contributed by atoms with Crippen molar-refractivity contribution in [1.82, 2.24) is 0 Å². The van der Waals surface area contributed by atoms with Crippen molar-refractivity contribution in [2.24, 2.45) is 4.99 Å². The van der Waals surface area contributed by atoms with Crippen LogP contribution in [0.15, 0.2) is 29.3 Å². The maximum absolute atomic E-state index is 11.6. The molecule has 0 radical (unpaired) electrons. The molecule has 0 aliphatic rings. The van der Waals surface area contributed by atoms with Crippen LogP contribution in [0.2, 0.25) is 0 Å². The van der Waals surface area contributed by atoms with E-state index in [1.165, 1.54) is 0 Å². The Balaban J connectivity index is 2.85. The number of aliphatic imine (C=N–C) groups is 1. The predicted molar refractivity (Wildman–Crippen MR) is 62.8 cm³/mol. The lowest BCUT2D eigenvalue weighted by Crippen LogP contribution is -2.11. The summed E-state index contributed by atoms with van der Waals surface area (Å²) in [7, 11) is 0. The zero-order chi connectivity index (χ0) is 12.0. The summed E-state index contributed by atoms with van der Waals surface area (Å²) < 4.78 is 4.88. The number of esters is 1. The summed E-state index contributed by atoms with van der Waals surface area (Å²) in [5.41, 5.74) is 6.18. The average Bonchev–Trinajstić information content (AvgIpc) is 2.28. The van der Waals surface area contributed by atoms with E-state index in [0.29, 0.717) is 5.69 Å². The first-order valence-corrected chi connectivity index (χ1v) is 5.49. The molecule has 5 nitrogen and oxygen atoms in total. The van der Waals surface area contributed by atoms with Crippen LogP contribution >= 0.6 is 11.8 Å². The molecule has 0 aromatic heterocycles. The van der Waals surface area contributed by atoms with Crippen LogP contribution in [-0.2, 0) is 4.74 Å². The molecule has 1 aromatic rings. The average molecular weight is 235 g/mol. The van der Waals surface area contributed by atoms with Gasteiger partial charge in [0.1, 0.15) is 0 Å². The van der Waals surface area contributed by atoms with Gasteiger partial charge in [0, 0.05) is 5.69 Å². The SMILES string of the molecule is CSC(=NC#N)OC(=O)c1ccccc1N. The van der Waals surface area contributed by atoms with Crippen molar-refractivity contribution < 1.29 is 9.53 Å².